The number of nitrogens with zero attached hydrogens (tertiary/aromatic N) is 1. The maximum absolute atomic E-state index is 9.98. The normalized spacial score (nSPS) is 17.6. The van der Waals surface area contributed by atoms with Crippen LogP contribution in [0.2, 0.25) is 0 Å². The molecule has 1 unspecified atom stereocenters. The molecule has 1 saturated heterocycles. The van der Waals surface area contributed by atoms with Gasteiger partial charge in [-0.3, -0.25) is 0 Å². The van der Waals surface area contributed by atoms with Gasteiger partial charge in [-0.25, -0.2) is 0 Å². The van der Waals surface area contributed by atoms with E-state index in [0.29, 0.717) is 6.54 Å². The Morgan fingerprint density at radius 3 is 2.79 bits per heavy atom. The van der Waals surface area contributed by atoms with Crippen LogP contribution in [0, 0.1) is 0 Å². The number of hydrogen-bond donors (Lipinski definition) is 2. The summed E-state index contributed by atoms with van der Waals surface area (Å²) in [4.78, 5) is 2.33. The van der Waals surface area contributed by atoms with E-state index in [2.05, 4.69) is 10.2 Å². The fourth-order valence-corrected chi connectivity index (χ4v) is 2.55. The monoisotopic (exact) mass is 264 g/mol. The topological polar surface area (TPSA) is 44.7 Å². The lowest BCUT2D eigenvalue weighted by molar-refractivity contribution is 0.123. The summed E-state index contributed by atoms with van der Waals surface area (Å²) in [5.41, 5.74) is 1.12. The number of ether oxygens (including phenoxy) is 1. The second kappa shape index (κ2) is 7.48. The zero-order valence-electron chi connectivity index (χ0n) is 11.6. The first kappa shape index (κ1) is 14.3. The second-order valence-electron chi connectivity index (χ2n) is 5.10. The number of rotatable bonds is 7. The van der Waals surface area contributed by atoms with Crippen LogP contribution in [-0.4, -0.2) is 49.4 Å². The molecule has 19 heavy (non-hydrogen) atoms. The van der Waals surface area contributed by atoms with Crippen molar-refractivity contribution >= 4 is 0 Å². The smallest absolute Gasteiger partial charge is 0.123 e. The Morgan fingerprint density at radius 2 is 2.05 bits per heavy atom. The van der Waals surface area contributed by atoms with E-state index in [0.717, 1.165) is 37.5 Å². The number of β-amino-alcohol motifs (C(OH)–C–C–N with tert-alkyl or cyclic N) is 1. The van der Waals surface area contributed by atoms with Gasteiger partial charge in [-0.1, -0.05) is 18.2 Å². The maximum Gasteiger partial charge on any atom is 0.123 e. The molecule has 1 aromatic carbocycles. The molecule has 1 aliphatic heterocycles. The van der Waals surface area contributed by atoms with E-state index in [1.807, 2.05) is 24.3 Å². The van der Waals surface area contributed by atoms with Gasteiger partial charge < -0.3 is 20.1 Å². The fraction of sp³-hybridized carbons (Fsp3) is 0.600. The predicted octanol–water partition coefficient (Wildman–Crippen LogP) is 1.24. The number of aliphatic hydroxyl groups is 1. The Balaban J connectivity index is 1.70. The molecule has 0 spiro atoms. The first-order valence-corrected chi connectivity index (χ1v) is 7.02. The predicted molar refractivity (Wildman–Crippen MR) is 76.4 cm³/mol. The fourth-order valence-electron chi connectivity index (χ4n) is 2.55. The van der Waals surface area contributed by atoms with Crippen LogP contribution < -0.4 is 10.1 Å². The van der Waals surface area contributed by atoms with Crippen molar-refractivity contribution in [3.63, 3.8) is 0 Å². The molecule has 0 radical (unpaired) electrons. The molecular formula is C15H24N2O2. The van der Waals surface area contributed by atoms with Crippen molar-refractivity contribution in [2.45, 2.75) is 25.5 Å². The number of para-hydroxylation sites is 1. The average Bonchev–Trinajstić information content (AvgIpc) is 2.92. The molecule has 1 atom stereocenters. The largest absolute Gasteiger partial charge is 0.496 e. The first-order chi connectivity index (χ1) is 9.29. The Kier molecular flexibility index (Phi) is 5.63. The van der Waals surface area contributed by atoms with Crippen LogP contribution in [0.1, 0.15) is 18.4 Å². The van der Waals surface area contributed by atoms with Gasteiger partial charge in [-0.05, 0) is 32.0 Å². The van der Waals surface area contributed by atoms with Crippen molar-refractivity contribution < 1.29 is 9.84 Å². The number of aliphatic hydroxyl groups excluding tert-OH is 1. The minimum atomic E-state index is -0.298. The highest BCUT2D eigenvalue weighted by Crippen LogP contribution is 2.16. The number of benzene rings is 1. The standard InChI is InChI=1S/C15H24N2O2/c1-19-15-7-3-2-6-13(15)10-16-11-14(18)12-17-8-4-5-9-17/h2-3,6-7,14,16,18H,4-5,8-12H2,1H3. The molecule has 0 saturated carbocycles. The van der Waals surface area contributed by atoms with E-state index in [9.17, 15) is 5.11 Å². The summed E-state index contributed by atoms with van der Waals surface area (Å²) in [6, 6.07) is 7.96. The Morgan fingerprint density at radius 1 is 1.32 bits per heavy atom. The van der Waals surface area contributed by atoms with E-state index in [-0.39, 0.29) is 6.10 Å². The van der Waals surface area contributed by atoms with E-state index >= 15 is 0 Å². The van der Waals surface area contributed by atoms with Crippen LogP contribution in [0.25, 0.3) is 0 Å². The molecule has 2 rings (SSSR count). The molecule has 106 valence electrons. The lowest BCUT2D eigenvalue weighted by Gasteiger charge is -2.19. The van der Waals surface area contributed by atoms with Crippen LogP contribution in [0.5, 0.6) is 5.75 Å². The molecule has 0 aromatic heterocycles. The van der Waals surface area contributed by atoms with Crippen molar-refractivity contribution in [1.82, 2.24) is 10.2 Å². The summed E-state index contributed by atoms with van der Waals surface area (Å²) >= 11 is 0. The number of hydrogen-bond acceptors (Lipinski definition) is 4. The van der Waals surface area contributed by atoms with Crippen LogP contribution in [-0.2, 0) is 6.54 Å². The van der Waals surface area contributed by atoms with Crippen molar-refractivity contribution in [1.29, 1.82) is 0 Å². The molecule has 1 heterocycles. The summed E-state index contributed by atoms with van der Waals surface area (Å²) in [5.74, 6) is 0.893. The van der Waals surface area contributed by atoms with Gasteiger partial charge >= 0.3 is 0 Å². The van der Waals surface area contributed by atoms with E-state index < -0.39 is 0 Å². The lowest BCUT2D eigenvalue weighted by Crippen LogP contribution is -2.36. The number of methoxy groups -OCH3 is 1. The summed E-state index contributed by atoms with van der Waals surface area (Å²) in [5, 5.41) is 13.3. The van der Waals surface area contributed by atoms with E-state index in [1.165, 1.54) is 12.8 Å². The SMILES string of the molecule is COc1ccccc1CNCC(O)CN1CCCC1. The van der Waals surface area contributed by atoms with Gasteiger partial charge in [0.15, 0.2) is 0 Å². The van der Waals surface area contributed by atoms with Gasteiger partial charge in [0.05, 0.1) is 13.2 Å². The molecule has 4 nitrogen and oxygen atoms in total. The molecule has 1 aromatic rings. The quantitative estimate of drug-likeness (QED) is 0.778. The van der Waals surface area contributed by atoms with Gasteiger partial charge in [0, 0.05) is 25.2 Å². The molecule has 0 amide bonds. The van der Waals surface area contributed by atoms with Gasteiger partial charge in [0.25, 0.3) is 0 Å². The second-order valence-corrected chi connectivity index (χ2v) is 5.10. The Hall–Kier alpha value is -1.10. The average molecular weight is 264 g/mol. The molecule has 1 fully saturated rings. The summed E-state index contributed by atoms with van der Waals surface area (Å²) in [7, 11) is 1.68. The molecular weight excluding hydrogens is 240 g/mol. The summed E-state index contributed by atoms with van der Waals surface area (Å²) < 4.78 is 5.30. The van der Waals surface area contributed by atoms with E-state index in [1.54, 1.807) is 7.11 Å². The first-order valence-electron chi connectivity index (χ1n) is 7.02. The summed E-state index contributed by atoms with van der Waals surface area (Å²) in [6.45, 7) is 4.38. The van der Waals surface area contributed by atoms with E-state index in [4.69, 9.17) is 4.74 Å². The van der Waals surface area contributed by atoms with Gasteiger partial charge in [-0.2, -0.15) is 0 Å². The van der Waals surface area contributed by atoms with Gasteiger partial charge in [0.2, 0.25) is 0 Å². The van der Waals surface area contributed by atoms with Crippen molar-refractivity contribution in [2.24, 2.45) is 0 Å². The minimum absolute atomic E-state index is 0.298. The third-order valence-electron chi connectivity index (χ3n) is 3.56. The van der Waals surface area contributed by atoms with Crippen LogP contribution in [0.3, 0.4) is 0 Å². The third kappa shape index (κ3) is 4.49. The van der Waals surface area contributed by atoms with Crippen molar-refractivity contribution in [3.8, 4) is 5.75 Å². The number of nitrogens with one attached hydrogen (secondary N) is 1. The highest BCUT2D eigenvalue weighted by molar-refractivity contribution is 5.32. The molecule has 2 N–H and O–H groups in total. The van der Waals surface area contributed by atoms with Crippen LogP contribution in [0.15, 0.2) is 24.3 Å². The zero-order chi connectivity index (χ0) is 13.5. The van der Waals surface area contributed by atoms with Gasteiger partial charge in [0.1, 0.15) is 5.75 Å². The molecule has 0 aliphatic carbocycles. The Bertz CT molecular complexity index is 378. The molecule has 4 heteroatoms. The maximum atomic E-state index is 9.98. The highest BCUT2D eigenvalue weighted by Gasteiger charge is 2.15. The minimum Gasteiger partial charge on any atom is -0.496 e. The highest BCUT2D eigenvalue weighted by atomic mass is 16.5. The van der Waals surface area contributed by atoms with Gasteiger partial charge in [-0.15, -0.1) is 0 Å². The molecule has 1 aliphatic rings. The molecule has 0 bridgehead atoms. The van der Waals surface area contributed by atoms with Crippen LogP contribution >= 0.6 is 0 Å². The van der Waals surface area contributed by atoms with Crippen molar-refractivity contribution in [2.75, 3.05) is 33.3 Å². The Labute approximate surface area is 115 Å². The zero-order valence-corrected chi connectivity index (χ0v) is 11.6. The number of likely N-dealkylation sites (tertiary alicyclic amines) is 1. The van der Waals surface area contributed by atoms with Crippen LogP contribution in [0.4, 0.5) is 0 Å². The third-order valence-corrected chi connectivity index (χ3v) is 3.56. The summed E-state index contributed by atoms with van der Waals surface area (Å²) in [6.07, 6.45) is 2.23. The van der Waals surface area contributed by atoms with Crippen molar-refractivity contribution in [3.05, 3.63) is 29.8 Å². The lowest BCUT2D eigenvalue weighted by atomic mass is 10.2.